The lowest BCUT2D eigenvalue weighted by atomic mass is 10.3. The van der Waals surface area contributed by atoms with Gasteiger partial charge < -0.3 is 10.4 Å². The molecule has 0 aliphatic rings. The van der Waals surface area contributed by atoms with Crippen LogP contribution in [0.4, 0.5) is 0 Å². The van der Waals surface area contributed by atoms with Gasteiger partial charge in [-0.15, -0.1) is 11.3 Å². The van der Waals surface area contributed by atoms with Crippen molar-refractivity contribution in [1.29, 1.82) is 0 Å². The number of hydrogen-bond acceptors (Lipinski definition) is 5. The highest BCUT2D eigenvalue weighted by Crippen LogP contribution is 2.18. The second-order valence-electron chi connectivity index (χ2n) is 3.39. The molecule has 1 rings (SSSR count). The van der Waals surface area contributed by atoms with Crippen molar-refractivity contribution in [1.82, 2.24) is 10.0 Å². The Morgan fingerprint density at radius 3 is 2.56 bits per heavy atom. The Hall–Kier alpha value is -1.45. The number of carbonyl (C=O) groups is 2. The molecule has 0 unspecified atom stereocenters. The zero-order valence-electron chi connectivity index (χ0n) is 9.63. The summed E-state index contributed by atoms with van der Waals surface area (Å²) in [6.07, 6.45) is 0. The summed E-state index contributed by atoms with van der Waals surface area (Å²) in [5.74, 6) is -1.78. The van der Waals surface area contributed by atoms with E-state index in [9.17, 15) is 18.0 Å². The molecular weight excluding hydrogens is 280 g/mol. The van der Waals surface area contributed by atoms with E-state index in [2.05, 4.69) is 10.0 Å². The third-order valence-electron chi connectivity index (χ3n) is 2.10. The molecule has 0 saturated heterocycles. The summed E-state index contributed by atoms with van der Waals surface area (Å²) in [6.45, 7) is 1.32. The lowest BCUT2D eigenvalue weighted by Gasteiger charge is -2.07. The van der Waals surface area contributed by atoms with Crippen molar-refractivity contribution in [3.05, 3.63) is 16.3 Å². The number of carboxylic acids is 1. The largest absolute Gasteiger partial charge is 0.480 e. The van der Waals surface area contributed by atoms with E-state index in [4.69, 9.17) is 5.11 Å². The van der Waals surface area contributed by atoms with Crippen molar-refractivity contribution in [2.75, 3.05) is 7.05 Å². The molecule has 0 fully saturated rings. The summed E-state index contributed by atoms with van der Waals surface area (Å²) >= 11 is 0.929. The predicted octanol–water partition coefficient (Wildman–Crippen LogP) is -0.141. The Labute approximate surface area is 108 Å². The van der Waals surface area contributed by atoms with Crippen LogP contribution in [0.15, 0.2) is 16.3 Å². The quantitative estimate of drug-likeness (QED) is 0.699. The summed E-state index contributed by atoms with van der Waals surface area (Å²) in [4.78, 5) is 22.3. The van der Waals surface area contributed by atoms with Crippen LogP contribution in [0.25, 0.3) is 0 Å². The van der Waals surface area contributed by atoms with E-state index >= 15 is 0 Å². The number of thiophene rings is 1. The average molecular weight is 292 g/mol. The van der Waals surface area contributed by atoms with Gasteiger partial charge >= 0.3 is 5.97 Å². The van der Waals surface area contributed by atoms with Crippen molar-refractivity contribution in [2.24, 2.45) is 0 Å². The van der Waals surface area contributed by atoms with Gasteiger partial charge in [0.1, 0.15) is 6.04 Å². The highest BCUT2D eigenvalue weighted by atomic mass is 32.2. The topological polar surface area (TPSA) is 113 Å². The van der Waals surface area contributed by atoms with Gasteiger partial charge in [0.15, 0.2) is 0 Å². The molecule has 3 N–H and O–H groups in total. The van der Waals surface area contributed by atoms with E-state index in [1.54, 1.807) is 0 Å². The van der Waals surface area contributed by atoms with Gasteiger partial charge in [-0.2, -0.15) is 0 Å². The standard InChI is InChI=1S/C9H12N2O5S2/c1-5(9(13)14)11-8(12)7-3-6(4-17-7)18(15,16)10-2/h3-5,10H,1-2H3,(H,11,12)(H,13,14)/t5-/m0/s1. The zero-order valence-corrected chi connectivity index (χ0v) is 11.3. The van der Waals surface area contributed by atoms with E-state index in [0.29, 0.717) is 0 Å². The third kappa shape index (κ3) is 3.28. The highest BCUT2D eigenvalue weighted by Gasteiger charge is 2.20. The minimum absolute atomic E-state index is 0.0249. The van der Waals surface area contributed by atoms with Gasteiger partial charge in [-0.3, -0.25) is 9.59 Å². The SMILES string of the molecule is CNS(=O)(=O)c1csc(C(=O)N[C@@H](C)C(=O)O)c1. The second-order valence-corrected chi connectivity index (χ2v) is 6.19. The number of aliphatic carboxylic acids is 1. The van der Waals surface area contributed by atoms with Crippen LogP contribution in [0.5, 0.6) is 0 Å². The number of hydrogen-bond donors (Lipinski definition) is 3. The number of nitrogens with one attached hydrogen (secondary N) is 2. The molecule has 0 saturated carbocycles. The maximum absolute atomic E-state index is 11.6. The first-order valence-corrected chi connectivity index (χ1v) is 7.20. The molecule has 7 nitrogen and oxygen atoms in total. The molecule has 0 aromatic carbocycles. The highest BCUT2D eigenvalue weighted by molar-refractivity contribution is 7.89. The predicted molar refractivity (Wildman–Crippen MR) is 65.1 cm³/mol. The lowest BCUT2D eigenvalue weighted by molar-refractivity contribution is -0.138. The number of sulfonamides is 1. The molecule has 100 valence electrons. The van der Waals surface area contributed by atoms with Gasteiger partial charge in [-0.1, -0.05) is 0 Å². The number of amides is 1. The minimum Gasteiger partial charge on any atom is -0.480 e. The summed E-state index contributed by atoms with van der Waals surface area (Å²) in [5.41, 5.74) is 0. The summed E-state index contributed by atoms with van der Waals surface area (Å²) in [5, 5.41) is 12.2. The monoisotopic (exact) mass is 292 g/mol. The van der Waals surface area contributed by atoms with E-state index < -0.39 is 27.9 Å². The van der Waals surface area contributed by atoms with Gasteiger partial charge in [0.25, 0.3) is 5.91 Å². The Balaban J connectivity index is 2.87. The van der Waals surface area contributed by atoms with Crippen LogP contribution in [0.3, 0.4) is 0 Å². The van der Waals surface area contributed by atoms with E-state index in [1.807, 2.05) is 0 Å². The summed E-state index contributed by atoms with van der Waals surface area (Å²) in [6, 6.07) is 0.157. The van der Waals surface area contributed by atoms with Gasteiger partial charge in [0, 0.05) is 5.38 Å². The van der Waals surface area contributed by atoms with Crippen LogP contribution in [0.1, 0.15) is 16.6 Å². The van der Waals surface area contributed by atoms with Crippen LogP contribution in [-0.4, -0.2) is 38.5 Å². The number of carbonyl (C=O) groups excluding carboxylic acids is 1. The molecule has 1 aromatic rings. The fourth-order valence-corrected chi connectivity index (χ4v) is 2.93. The van der Waals surface area contributed by atoms with Gasteiger partial charge in [0.05, 0.1) is 9.77 Å². The van der Waals surface area contributed by atoms with Crippen molar-refractivity contribution in [3.8, 4) is 0 Å². The van der Waals surface area contributed by atoms with Crippen LogP contribution in [0.2, 0.25) is 0 Å². The smallest absolute Gasteiger partial charge is 0.325 e. The van der Waals surface area contributed by atoms with E-state index in [1.165, 1.54) is 25.4 Å². The van der Waals surface area contributed by atoms with Gasteiger partial charge in [-0.05, 0) is 20.0 Å². The molecule has 0 radical (unpaired) electrons. The summed E-state index contributed by atoms with van der Waals surface area (Å²) in [7, 11) is -2.33. The first-order chi connectivity index (χ1) is 8.27. The Morgan fingerprint density at radius 2 is 2.06 bits per heavy atom. The number of rotatable bonds is 5. The first kappa shape index (κ1) is 14.6. The molecule has 1 aromatic heterocycles. The Bertz CT molecular complexity index is 563. The Morgan fingerprint density at radius 1 is 1.44 bits per heavy atom. The van der Waals surface area contributed by atoms with Crippen molar-refractivity contribution in [3.63, 3.8) is 0 Å². The molecule has 1 atom stereocenters. The molecule has 0 bridgehead atoms. The summed E-state index contributed by atoms with van der Waals surface area (Å²) < 4.78 is 25.0. The molecule has 1 heterocycles. The molecule has 0 aliphatic heterocycles. The molecule has 1 amide bonds. The number of carboxylic acid groups (broad SMARTS) is 1. The fourth-order valence-electron chi connectivity index (χ4n) is 1.03. The first-order valence-electron chi connectivity index (χ1n) is 4.83. The molecule has 9 heteroatoms. The zero-order chi connectivity index (χ0) is 13.9. The van der Waals surface area contributed by atoms with E-state index in [0.717, 1.165) is 11.3 Å². The maximum Gasteiger partial charge on any atom is 0.325 e. The van der Waals surface area contributed by atoms with E-state index in [-0.39, 0.29) is 9.77 Å². The normalized spacial score (nSPS) is 13.0. The second kappa shape index (κ2) is 5.46. The van der Waals surface area contributed by atoms with Crippen molar-refractivity contribution in [2.45, 2.75) is 17.9 Å². The Kier molecular flexibility index (Phi) is 4.43. The molecular formula is C9H12N2O5S2. The fraction of sp³-hybridized carbons (Fsp3) is 0.333. The molecule has 18 heavy (non-hydrogen) atoms. The van der Waals surface area contributed by atoms with Crippen molar-refractivity contribution >= 4 is 33.2 Å². The van der Waals surface area contributed by atoms with Gasteiger partial charge in [-0.25, -0.2) is 13.1 Å². The van der Waals surface area contributed by atoms with Crippen LogP contribution >= 0.6 is 11.3 Å². The minimum atomic E-state index is -3.59. The average Bonchev–Trinajstić information content (AvgIpc) is 2.78. The van der Waals surface area contributed by atoms with Crippen LogP contribution in [-0.2, 0) is 14.8 Å². The van der Waals surface area contributed by atoms with Crippen LogP contribution < -0.4 is 10.0 Å². The molecule has 0 spiro atoms. The molecule has 0 aliphatic carbocycles. The maximum atomic E-state index is 11.6. The van der Waals surface area contributed by atoms with Crippen LogP contribution in [0, 0.1) is 0 Å². The lowest BCUT2D eigenvalue weighted by Crippen LogP contribution is -2.37. The van der Waals surface area contributed by atoms with Crippen molar-refractivity contribution < 1.29 is 23.1 Å². The third-order valence-corrected chi connectivity index (χ3v) is 4.57. The van der Waals surface area contributed by atoms with Gasteiger partial charge in [0.2, 0.25) is 10.0 Å².